The summed E-state index contributed by atoms with van der Waals surface area (Å²) in [6, 6.07) is 16.3. The van der Waals surface area contributed by atoms with Crippen LogP contribution in [-0.4, -0.2) is 7.11 Å². The van der Waals surface area contributed by atoms with Crippen LogP contribution in [0, 0.1) is 0 Å². The Labute approximate surface area is 137 Å². The fourth-order valence-electron chi connectivity index (χ4n) is 3.45. The molecule has 0 spiro atoms. The molecule has 1 unspecified atom stereocenters. The number of fused-ring (bicyclic) bond motifs is 1. The molecule has 0 amide bonds. The van der Waals surface area contributed by atoms with E-state index in [1.165, 1.54) is 16.7 Å². The molecule has 0 radical (unpaired) electrons. The predicted octanol–water partition coefficient (Wildman–Crippen LogP) is 5.76. The van der Waals surface area contributed by atoms with Crippen molar-refractivity contribution in [1.82, 2.24) is 0 Å². The van der Waals surface area contributed by atoms with Gasteiger partial charge in [-0.3, -0.25) is 0 Å². The minimum atomic E-state index is -0.0181. The molecule has 0 saturated carbocycles. The van der Waals surface area contributed by atoms with Crippen molar-refractivity contribution in [3.63, 3.8) is 0 Å². The zero-order chi connectivity index (χ0) is 16.4. The van der Waals surface area contributed by atoms with Gasteiger partial charge in [0.25, 0.3) is 0 Å². The van der Waals surface area contributed by atoms with Crippen LogP contribution < -0.4 is 4.74 Å². The molecule has 0 fully saturated rings. The zero-order valence-electron chi connectivity index (χ0n) is 14.1. The van der Waals surface area contributed by atoms with Gasteiger partial charge in [0.15, 0.2) is 0 Å². The van der Waals surface area contributed by atoms with Gasteiger partial charge in [-0.2, -0.15) is 5.11 Å². The number of nitrogens with zero attached hydrogens (tertiary/aromatic N) is 2. The summed E-state index contributed by atoms with van der Waals surface area (Å²) in [6.07, 6.45) is 1.91. The Kier molecular flexibility index (Phi) is 4.03. The van der Waals surface area contributed by atoms with Crippen molar-refractivity contribution >= 4 is 5.69 Å². The molecule has 1 aliphatic carbocycles. The van der Waals surface area contributed by atoms with E-state index < -0.39 is 0 Å². The van der Waals surface area contributed by atoms with Crippen LogP contribution in [0.1, 0.15) is 37.8 Å². The van der Waals surface area contributed by atoms with E-state index in [2.05, 4.69) is 55.3 Å². The van der Waals surface area contributed by atoms with Crippen molar-refractivity contribution in [2.45, 2.75) is 32.1 Å². The fourth-order valence-corrected chi connectivity index (χ4v) is 3.45. The molecule has 2 aromatic carbocycles. The van der Waals surface area contributed by atoms with Crippen LogP contribution in [0.25, 0.3) is 0 Å². The minimum absolute atomic E-state index is 0.0181. The van der Waals surface area contributed by atoms with Gasteiger partial charge in [-0.1, -0.05) is 57.2 Å². The molecule has 0 heterocycles. The molecular formula is C20H22N2O. The monoisotopic (exact) mass is 306 g/mol. The fraction of sp³-hybridized carbons (Fsp3) is 0.300. The molecule has 3 heteroatoms. The number of para-hydroxylation sites is 1. The molecule has 3 nitrogen and oxygen atoms in total. The SMILES string of the molecule is COc1ccccc1N=N/C=C1\C(C)c2ccccc2C1(C)C. The summed E-state index contributed by atoms with van der Waals surface area (Å²) in [5.41, 5.74) is 4.78. The van der Waals surface area contributed by atoms with Gasteiger partial charge in [0.2, 0.25) is 0 Å². The Hall–Kier alpha value is -2.42. The van der Waals surface area contributed by atoms with Crippen LogP contribution in [0.4, 0.5) is 5.69 Å². The third-order valence-electron chi connectivity index (χ3n) is 4.74. The van der Waals surface area contributed by atoms with E-state index in [4.69, 9.17) is 4.74 Å². The normalized spacial score (nSPS) is 20.9. The Morgan fingerprint density at radius 3 is 2.48 bits per heavy atom. The third-order valence-corrected chi connectivity index (χ3v) is 4.74. The summed E-state index contributed by atoms with van der Waals surface area (Å²) in [5, 5.41) is 8.67. The maximum atomic E-state index is 5.31. The second-order valence-electron chi connectivity index (χ2n) is 6.41. The van der Waals surface area contributed by atoms with Crippen LogP contribution in [0.5, 0.6) is 5.75 Å². The summed E-state index contributed by atoms with van der Waals surface area (Å²) in [4.78, 5) is 0. The lowest BCUT2D eigenvalue weighted by Crippen LogP contribution is -2.15. The van der Waals surface area contributed by atoms with E-state index in [9.17, 15) is 0 Å². The number of rotatable bonds is 3. The van der Waals surface area contributed by atoms with E-state index in [1.807, 2.05) is 30.5 Å². The standard InChI is InChI=1S/C20H22N2O/c1-14-15-9-5-6-10-16(15)20(2,3)17(14)13-21-22-18-11-7-8-12-19(18)23-4/h5-14H,1-4H3/b17-13+,22-21?. The first-order chi connectivity index (χ1) is 11.1. The summed E-state index contributed by atoms with van der Waals surface area (Å²) in [7, 11) is 1.64. The topological polar surface area (TPSA) is 34.0 Å². The zero-order valence-corrected chi connectivity index (χ0v) is 14.1. The van der Waals surface area contributed by atoms with Gasteiger partial charge in [0.05, 0.1) is 13.3 Å². The maximum absolute atomic E-state index is 5.31. The quantitative estimate of drug-likeness (QED) is 0.664. The Morgan fingerprint density at radius 1 is 1.04 bits per heavy atom. The number of allylic oxidation sites excluding steroid dienone is 1. The Balaban J connectivity index is 1.93. The molecule has 0 saturated heterocycles. The van der Waals surface area contributed by atoms with Crippen LogP contribution in [0.3, 0.4) is 0 Å². The largest absolute Gasteiger partial charge is 0.494 e. The van der Waals surface area contributed by atoms with Gasteiger partial charge in [-0.15, -0.1) is 5.11 Å². The second kappa shape index (κ2) is 5.99. The smallest absolute Gasteiger partial charge is 0.146 e. The van der Waals surface area contributed by atoms with E-state index in [0.29, 0.717) is 5.92 Å². The average Bonchev–Trinajstić information content (AvgIpc) is 2.76. The summed E-state index contributed by atoms with van der Waals surface area (Å²) in [6.45, 7) is 6.73. The predicted molar refractivity (Wildman–Crippen MR) is 93.5 cm³/mol. The lowest BCUT2D eigenvalue weighted by molar-refractivity contribution is 0.416. The highest BCUT2D eigenvalue weighted by Gasteiger charge is 2.39. The van der Waals surface area contributed by atoms with Gasteiger partial charge in [0, 0.05) is 11.3 Å². The highest BCUT2D eigenvalue weighted by atomic mass is 16.5. The number of hydrogen-bond donors (Lipinski definition) is 0. The lowest BCUT2D eigenvalue weighted by Gasteiger charge is -2.22. The summed E-state index contributed by atoms with van der Waals surface area (Å²) < 4.78 is 5.31. The van der Waals surface area contributed by atoms with Crippen molar-refractivity contribution in [2.24, 2.45) is 10.2 Å². The van der Waals surface area contributed by atoms with Crippen molar-refractivity contribution in [3.8, 4) is 5.75 Å². The number of hydrogen-bond acceptors (Lipinski definition) is 3. The highest BCUT2D eigenvalue weighted by Crippen LogP contribution is 2.49. The van der Waals surface area contributed by atoms with Crippen molar-refractivity contribution in [3.05, 3.63) is 71.4 Å². The van der Waals surface area contributed by atoms with Crippen molar-refractivity contribution in [1.29, 1.82) is 0 Å². The van der Waals surface area contributed by atoms with E-state index in [0.717, 1.165) is 11.4 Å². The highest BCUT2D eigenvalue weighted by molar-refractivity contribution is 5.53. The van der Waals surface area contributed by atoms with E-state index in [1.54, 1.807) is 7.11 Å². The first-order valence-corrected chi connectivity index (χ1v) is 7.89. The second-order valence-corrected chi connectivity index (χ2v) is 6.41. The van der Waals surface area contributed by atoms with Crippen molar-refractivity contribution in [2.75, 3.05) is 7.11 Å². The molecule has 0 N–H and O–H groups in total. The molecular weight excluding hydrogens is 284 g/mol. The van der Waals surface area contributed by atoms with Gasteiger partial charge in [0.1, 0.15) is 11.4 Å². The number of methoxy groups -OCH3 is 1. The van der Waals surface area contributed by atoms with Gasteiger partial charge in [-0.05, 0) is 28.8 Å². The Bertz CT molecular complexity index is 775. The summed E-state index contributed by atoms with van der Waals surface area (Å²) in [5.74, 6) is 1.09. The molecule has 23 heavy (non-hydrogen) atoms. The minimum Gasteiger partial charge on any atom is -0.494 e. The van der Waals surface area contributed by atoms with E-state index >= 15 is 0 Å². The molecule has 1 aliphatic rings. The van der Waals surface area contributed by atoms with Gasteiger partial charge < -0.3 is 4.74 Å². The van der Waals surface area contributed by atoms with Gasteiger partial charge in [-0.25, -0.2) is 0 Å². The molecule has 1 atom stereocenters. The van der Waals surface area contributed by atoms with Gasteiger partial charge >= 0.3 is 0 Å². The molecule has 3 rings (SSSR count). The Morgan fingerprint density at radius 2 is 1.74 bits per heavy atom. The number of ether oxygens (including phenoxy) is 1. The third kappa shape index (κ3) is 2.67. The van der Waals surface area contributed by atoms with E-state index in [-0.39, 0.29) is 5.41 Å². The first-order valence-electron chi connectivity index (χ1n) is 7.89. The molecule has 0 aromatic heterocycles. The molecule has 0 bridgehead atoms. The maximum Gasteiger partial charge on any atom is 0.146 e. The van der Waals surface area contributed by atoms with Crippen LogP contribution in [0.2, 0.25) is 0 Å². The molecule has 2 aromatic rings. The van der Waals surface area contributed by atoms with Crippen molar-refractivity contribution < 1.29 is 4.74 Å². The number of azo groups is 1. The molecule has 0 aliphatic heterocycles. The average molecular weight is 306 g/mol. The first kappa shape index (κ1) is 15.5. The number of benzene rings is 2. The van der Waals surface area contributed by atoms with Crippen LogP contribution in [-0.2, 0) is 5.41 Å². The molecule has 118 valence electrons. The van der Waals surface area contributed by atoms with Crippen LogP contribution >= 0.6 is 0 Å². The summed E-state index contributed by atoms with van der Waals surface area (Å²) >= 11 is 0. The lowest BCUT2D eigenvalue weighted by atomic mass is 9.82. The van der Waals surface area contributed by atoms with Crippen LogP contribution in [0.15, 0.2) is 70.5 Å².